The molecule has 0 unspecified atom stereocenters. The van der Waals surface area contributed by atoms with Crippen molar-refractivity contribution in [3.63, 3.8) is 0 Å². The number of aryl methyl sites for hydroxylation is 2. The Morgan fingerprint density at radius 3 is 2.74 bits per heavy atom. The smallest absolute Gasteiger partial charge is 0.269 e. The first-order valence-corrected chi connectivity index (χ1v) is 10.2. The summed E-state index contributed by atoms with van der Waals surface area (Å²) in [6.45, 7) is 4.23. The number of aromatic nitrogens is 4. The third kappa shape index (κ3) is 4.36. The van der Waals surface area contributed by atoms with Gasteiger partial charge >= 0.3 is 0 Å². The van der Waals surface area contributed by atoms with Crippen molar-refractivity contribution in [2.45, 2.75) is 26.8 Å². The van der Waals surface area contributed by atoms with Gasteiger partial charge in [0, 0.05) is 37.3 Å². The average molecular weight is 435 g/mol. The Balaban J connectivity index is 1.49. The maximum atomic E-state index is 12.8. The molecule has 0 saturated carbocycles. The van der Waals surface area contributed by atoms with Crippen LogP contribution in [0.1, 0.15) is 38.7 Å². The molecule has 31 heavy (non-hydrogen) atoms. The Kier molecular flexibility index (Phi) is 5.61. The van der Waals surface area contributed by atoms with Crippen molar-refractivity contribution in [1.82, 2.24) is 24.8 Å². The molecule has 4 aromatic rings. The van der Waals surface area contributed by atoms with Crippen molar-refractivity contribution < 1.29 is 4.79 Å². The molecule has 0 aliphatic carbocycles. The molecule has 0 saturated heterocycles. The Bertz CT molecular complexity index is 1270. The van der Waals surface area contributed by atoms with Crippen LogP contribution in [0.5, 0.6) is 0 Å². The molecule has 7 nitrogen and oxygen atoms in total. The molecule has 0 fully saturated rings. The second-order valence-electron chi connectivity index (χ2n) is 7.59. The lowest BCUT2D eigenvalue weighted by molar-refractivity contribution is 0.0942. The molecule has 4 rings (SSSR count). The highest BCUT2D eigenvalue weighted by molar-refractivity contribution is 6.31. The Morgan fingerprint density at radius 1 is 1.16 bits per heavy atom. The van der Waals surface area contributed by atoms with E-state index in [1.54, 1.807) is 12.4 Å². The highest BCUT2D eigenvalue weighted by atomic mass is 35.5. The summed E-state index contributed by atoms with van der Waals surface area (Å²) >= 11 is 6.06. The highest BCUT2D eigenvalue weighted by Crippen LogP contribution is 2.20. The maximum Gasteiger partial charge on any atom is 0.269 e. The van der Waals surface area contributed by atoms with E-state index in [0.717, 1.165) is 39.1 Å². The van der Waals surface area contributed by atoms with E-state index in [0.29, 0.717) is 29.5 Å². The molecule has 0 radical (unpaired) electrons. The third-order valence-corrected chi connectivity index (χ3v) is 5.60. The summed E-state index contributed by atoms with van der Waals surface area (Å²) in [5.74, 6) is 1.08. The van der Waals surface area contributed by atoms with Gasteiger partial charge in [0.2, 0.25) is 0 Å². The van der Waals surface area contributed by atoms with Gasteiger partial charge in [-0.15, -0.1) is 0 Å². The number of hydrogen-bond donors (Lipinski definition) is 2. The van der Waals surface area contributed by atoms with Gasteiger partial charge in [0.1, 0.15) is 17.3 Å². The van der Waals surface area contributed by atoms with E-state index >= 15 is 0 Å². The predicted molar refractivity (Wildman–Crippen MR) is 122 cm³/mol. The fraction of sp³-hybridized carbons (Fsp3) is 0.217. The number of hydrogen-bond acceptors (Lipinski definition) is 5. The van der Waals surface area contributed by atoms with Crippen molar-refractivity contribution in [3.8, 4) is 0 Å². The second kappa shape index (κ2) is 8.35. The molecular formula is C23H23ClN6O. The van der Waals surface area contributed by atoms with Crippen LogP contribution >= 0.6 is 11.6 Å². The molecular weight excluding hydrogens is 412 g/mol. The molecule has 1 amide bonds. The third-order valence-electron chi connectivity index (χ3n) is 5.39. The predicted octanol–water partition coefficient (Wildman–Crippen LogP) is 3.74. The molecule has 0 atom stereocenters. The van der Waals surface area contributed by atoms with E-state index in [4.69, 9.17) is 17.3 Å². The first-order valence-electron chi connectivity index (χ1n) is 9.87. The van der Waals surface area contributed by atoms with Gasteiger partial charge in [0.25, 0.3) is 5.91 Å². The van der Waals surface area contributed by atoms with Gasteiger partial charge in [-0.2, -0.15) is 0 Å². The van der Waals surface area contributed by atoms with E-state index in [1.165, 1.54) is 0 Å². The number of carbonyl (C=O) groups is 1. The number of nitrogens with zero attached hydrogens (tertiary/aromatic N) is 4. The van der Waals surface area contributed by atoms with Crippen molar-refractivity contribution in [3.05, 3.63) is 81.7 Å². The summed E-state index contributed by atoms with van der Waals surface area (Å²) in [6, 6.07) is 9.71. The Labute approximate surface area is 185 Å². The fourth-order valence-electron chi connectivity index (χ4n) is 3.68. The van der Waals surface area contributed by atoms with Crippen LogP contribution in [0.3, 0.4) is 0 Å². The number of pyridine rings is 2. The van der Waals surface area contributed by atoms with Crippen LogP contribution in [0.2, 0.25) is 5.02 Å². The Hall–Kier alpha value is -3.45. The minimum absolute atomic E-state index is 0.189. The minimum Gasteiger partial charge on any atom is -0.384 e. The molecule has 0 bridgehead atoms. The Morgan fingerprint density at radius 2 is 1.97 bits per heavy atom. The van der Waals surface area contributed by atoms with Gasteiger partial charge in [-0.25, -0.2) is 9.97 Å². The summed E-state index contributed by atoms with van der Waals surface area (Å²) < 4.78 is 1.82. The van der Waals surface area contributed by atoms with Gasteiger partial charge in [0.05, 0.1) is 16.7 Å². The maximum absolute atomic E-state index is 12.8. The zero-order valence-electron chi connectivity index (χ0n) is 17.6. The van der Waals surface area contributed by atoms with E-state index in [1.807, 2.05) is 55.8 Å². The summed E-state index contributed by atoms with van der Waals surface area (Å²) in [6.07, 6.45) is 3.83. The molecule has 1 aromatic carbocycles. The van der Waals surface area contributed by atoms with Crippen molar-refractivity contribution in [2.75, 3.05) is 5.73 Å². The topological polar surface area (TPSA) is 98.7 Å². The quantitative estimate of drug-likeness (QED) is 0.498. The van der Waals surface area contributed by atoms with Crippen LogP contribution < -0.4 is 11.1 Å². The molecule has 158 valence electrons. The first-order chi connectivity index (χ1) is 14.8. The summed E-state index contributed by atoms with van der Waals surface area (Å²) in [5.41, 5.74) is 11.0. The number of carbonyl (C=O) groups excluding carboxylic acids is 1. The summed E-state index contributed by atoms with van der Waals surface area (Å²) in [5, 5.41) is 4.53. The zero-order valence-corrected chi connectivity index (χ0v) is 18.4. The monoisotopic (exact) mass is 434 g/mol. The van der Waals surface area contributed by atoms with Crippen molar-refractivity contribution >= 4 is 34.2 Å². The zero-order chi connectivity index (χ0) is 22.1. The van der Waals surface area contributed by atoms with Crippen LogP contribution in [0.15, 0.2) is 42.7 Å². The lowest BCUT2D eigenvalue weighted by Gasteiger charge is -2.12. The number of nitrogen functional groups attached to an aromatic ring is 1. The van der Waals surface area contributed by atoms with Crippen LogP contribution in [0.4, 0.5) is 5.82 Å². The van der Waals surface area contributed by atoms with Crippen LogP contribution in [0, 0.1) is 13.8 Å². The number of amides is 1. The van der Waals surface area contributed by atoms with E-state index in [-0.39, 0.29) is 5.91 Å². The molecule has 0 aliphatic heterocycles. The largest absolute Gasteiger partial charge is 0.384 e. The second-order valence-corrected chi connectivity index (χ2v) is 8.02. The van der Waals surface area contributed by atoms with Gasteiger partial charge < -0.3 is 15.6 Å². The normalized spacial score (nSPS) is 11.1. The van der Waals surface area contributed by atoms with Crippen LogP contribution in [-0.4, -0.2) is 25.4 Å². The van der Waals surface area contributed by atoms with Gasteiger partial charge in [0.15, 0.2) is 0 Å². The van der Waals surface area contributed by atoms with Crippen molar-refractivity contribution in [1.29, 1.82) is 0 Å². The molecule has 0 spiro atoms. The number of nitrogens with one attached hydrogen (secondary N) is 1. The lowest BCUT2D eigenvalue weighted by Crippen LogP contribution is -2.26. The van der Waals surface area contributed by atoms with Gasteiger partial charge in [-0.1, -0.05) is 17.7 Å². The highest BCUT2D eigenvalue weighted by Gasteiger charge is 2.15. The van der Waals surface area contributed by atoms with Gasteiger partial charge in [-0.05, 0) is 54.8 Å². The number of fused-ring (bicyclic) bond motifs is 1. The number of rotatable bonds is 5. The van der Waals surface area contributed by atoms with E-state index in [9.17, 15) is 4.79 Å². The SMILES string of the molecule is Cc1cc(N)nc(C)c1CNC(=O)c1cnc(Cc2ccc3ncc(Cl)cc3c2)n1C. The molecule has 3 N–H and O–H groups in total. The number of imidazole rings is 1. The van der Waals surface area contributed by atoms with E-state index in [2.05, 4.69) is 20.3 Å². The molecule has 3 aromatic heterocycles. The number of halogens is 1. The first kappa shape index (κ1) is 20.8. The summed E-state index contributed by atoms with van der Waals surface area (Å²) in [4.78, 5) is 25.8. The average Bonchev–Trinajstić information content (AvgIpc) is 3.07. The number of anilines is 1. The molecule has 8 heteroatoms. The van der Waals surface area contributed by atoms with Crippen LogP contribution in [-0.2, 0) is 20.0 Å². The lowest BCUT2D eigenvalue weighted by atomic mass is 10.1. The van der Waals surface area contributed by atoms with Gasteiger partial charge in [-0.3, -0.25) is 9.78 Å². The molecule has 3 heterocycles. The van der Waals surface area contributed by atoms with Crippen molar-refractivity contribution in [2.24, 2.45) is 7.05 Å². The minimum atomic E-state index is -0.189. The molecule has 0 aliphatic rings. The van der Waals surface area contributed by atoms with E-state index < -0.39 is 0 Å². The number of benzene rings is 1. The standard InChI is InChI=1S/C23H23ClN6O/c1-13-6-21(25)29-14(2)18(13)11-28-23(31)20-12-27-22(30(20)3)8-15-4-5-19-16(7-15)9-17(24)10-26-19/h4-7,9-10,12H,8,11H2,1-3H3,(H2,25,29)(H,28,31). The summed E-state index contributed by atoms with van der Waals surface area (Å²) in [7, 11) is 1.85. The number of nitrogens with two attached hydrogens (primary N) is 1. The van der Waals surface area contributed by atoms with Crippen LogP contribution in [0.25, 0.3) is 10.9 Å². The fourth-order valence-corrected chi connectivity index (χ4v) is 3.85.